The van der Waals surface area contributed by atoms with E-state index in [1.54, 1.807) is 17.0 Å². The molecule has 28 heavy (non-hydrogen) atoms. The molecule has 1 heterocycles. The van der Waals surface area contributed by atoms with E-state index < -0.39 is 12.0 Å². The monoisotopic (exact) mass is 384 g/mol. The zero-order chi connectivity index (χ0) is 19.8. The summed E-state index contributed by atoms with van der Waals surface area (Å²) in [4.78, 5) is 53.2. The summed E-state index contributed by atoms with van der Waals surface area (Å²) in [6.07, 6.45) is 5.64. The molecule has 1 aromatic carbocycles. The van der Waals surface area contributed by atoms with Crippen molar-refractivity contribution in [3.63, 3.8) is 0 Å². The minimum Gasteiger partial charge on any atom is -0.465 e. The zero-order valence-electron chi connectivity index (χ0n) is 15.9. The second kappa shape index (κ2) is 7.37. The molecule has 1 unspecified atom stereocenters. The van der Waals surface area contributed by atoms with E-state index in [0.29, 0.717) is 11.3 Å². The fraction of sp³-hybridized carbons (Fsp3) is 0.524. The largest absolute Gasteiger partial charge is 0.465 e. The van der Waals surface area contributed by atoms with Crippen LogP contribution in [0.25, 0.3) is 0 Å². The summed E-state index contributed by atoms with van der Waals surface area (Å²) in [5.74, 6) is -1.10. The highest BCUT2D eigenvalue weighted by Crippen LogP contribution is 2.37. The van der Waals surface area contributed by atoms with Crippen molar-refractivity contribution in [1.82, 2.24) is 4.90 Å². The molecule has 1 atom stereocenters. The fourth-order valence-electron chi connectivity index (χ4n) is 4.28. The van der Waals surface area contributed by atoms with Crippen molar-refractivity contribution in [3.8, 4) is 0 Å². The number of esters is 1. The van der Waals surface area contributed by atoms with Crippen LogP contribution >= 0.6 is 0 Å². The predicted molar refractivity (Wildman–Crippen MR) is 101 cm³/mol. The number of ether oxygens (including phenoxy) is 1. The van der Waals surface area contributed by atoms with Gasteiger partial charge in [0.1, 0.15) is 6.04 Å². The highest BCUT2D eigenvalue weighted by molar-refractivity contribution is 6.23. The molecule has 0 N–H and O–H groups in total. The van der Waals surface area contributed by atoms with Crippen molar-refractivity contribution in [3.05, 3.63) is 29.8 Å². The van der Waals surface area contributed by atoms with E-state index in [4.69, 9.17) is 0 Å². The molecule has 2 aliphatic carbocycles. The molecule has 148 valence electrons. The number of nitrogens with zero attached hydrogens (tertiary/aromatic N) is 2. The molecule has 1 aromatic rings. The number of hydrogen-bond acceptors (Lipinski definition) is 5. The predicted octanol–water partition coefficient (Wildman–Crippen LogP) is 2.29. The van der Waals surface area contributed by atoms with Gasteiger partial charge in [-0.05, 0) is 49.9 Å². The zero-order valence-corrected chi connectivity index (χ0v) is 15.9. The number of carbonyl (C=O) groups excluding carboxylic acids is 4. The Bertz CT molecular complexity index is 809. The summed E-state index contributed by atoms with van der Waals surface area (Å²) >= 11 is 0. The molecule has 7 nitrogen and oxygen atoms in total. The molecule has 3 aliphatic rings. The van der Waals surface area contributed by atoms with Gasteiger partial charge in [-0.3, -0.25) is 14.4 Å². The summed E-state index contributed by atoms with van der Waals surface area (Å²) < 4.78 is 4.67. The Hall–Kier alpha value is -2.70. The van der Waals surface area contributed by atoms with Crippen LogP contribution in [0.4, 0.5) is 5.69 Å². The van der Waals surface area contributed by atoms with Crippen LogP contribution in [0.3, 0.4) is 0 Å². The van der Waals surface area contributed by atoms with Gasteiger partial charge < -0.3 is 9.64 Å². The molecule has 3 fully saturated rings. The lowest BCUT2D eigenvalue weighted by Crippen LogP contribution is -2.50. The number of rotatable bonds is 5. The molecule has 1 aliphatic heterocycles. The highest BCUT2D eigenvalue weighted by atomic mass is 16.5. The number of methoxy groups -OCH3 is 1. The lowest BCUT2D eigenvalue weighted by molar-refractivity contribution is -0.142. The molecule has 1 saturated heterocycles. The SMILES string of the molecule is COC(=O)c1ccc(N2C(=O)CC(N(C(=O)C3CC3)C3CCCC3)C2=O)cc1. The lowest BCUT2D eigenvalue weighted by Gasteiger charge is -2.33. The van der Waals surface area contributed by atoms with Gasteiger partial charge in [-0.1, -0.05) is 12.8 Å². The molecule has 4 rings (SSSR count). The maximum atomic E-state index is 13.2. The maximum Gasteiger partial charge on any atom is 0.337 e. The second-order valence-corrected chi connectivity index (χ2v) is 7.78. The Morgan fingerprint density at radius 3 is 2.25 bits per heavy atom. The number of benzene rings is 1. The van der Waals surface area contributed by atoms with Crippen LogP contribution in [0, 0.1) is 5.92 Å². The van der Waals surface area contributed by atoms with E-state index in [-0.39, 0.29) is 36.1 Å². The number of amides is 3. The molecular weight excluding hydrogens is 360 g/mol. The molecule has 0 bridgehead atoms. The van der Waals surface area contributed by atoms with Gasteiger partial charge in [0.2, 0.25) is 11.8 Å². The number of carbonyl (C=O) groups is 4. The van der Waals surface area contributed by atoms with Crippen LogP contribution in [-0.2, 0) is 19.1 Å². The summed E-state index contributed by atoms with van der Waals surface area (Å²) in [6, 6.07) is 5.51. The third-order valence-electron chi connectivity index (χ3n) is 5.90. The topological polar surface area (TPSA) is 84.0 Å². The quantitative estimate of drug-likeness (QED) is 0.574. The molecule has 7 heteroatoms. The van der Waals surface area contributed by atoms with Gasteiger partial charge >= 0.3 is 5.97 Å². The van der Waals surface area contributed by atoms with Gasteiger partial charge in [0, 0.05) is 12.0 Å². The summed E-state index contributed by atoms with van der Waals surface area (Å²) in [6.45, 7) is 0. The van der Waals surface area contributed by atoms with Crippen molar-refractivity contribution in [2.24, 2.45) is 5.92 Å². The molecule has 2 saturated carbocycles. The summed E-state index contributed by atoms with van der Waals surface area (Å²) in [5, 5.41) is 0. The minimum atomic E-state index is -0.719. The Labute approximate surface area is 163 Å². The van der Waals surface area contributed by atoms with E-state index in [0.717, 1.165) is 43.4 Å². The van der Waals surface area contributed by atoms with Gasteiger partial charge in [0.05, 0.1) is 24.8 Å². The first-order chi connectivity index (χ1) is 13.5. The van der Waals surface area contributed by atoms with E-state index >= 15 is 0 Å². The van der Waals surface area contributed by atoms with E-state index in [9.17, 15) is 19.2 Å². The summed E-state index contributed by atoms with van der Waals surface area (Å²) in [5.41, 5.74) is 0.758. The first-order valence-corrected chi connectivity index (χ1v) is 9.88. The fourth-order valence-corrected chi connectivity index (χ4v) is 4.28. The van der Waals surface area contributed by atoms with E-state index in [1.807, 2.05) is 0 Å². The molecular formula is C21H24N2O5. The number of anilines is 1. The Morgan fingerprint density at radius 2 is 1.68 bits per heavy atom. The minimum absolute atomic E-state index is 0.0110. The van der Waals surface area contributed by atoms with Crippen LogP contribution in [0.1, 0.15) is 55.3 Å². The third-order valence-corrected chi connectivity index (χ3v) is 5.90. The lowest BCUT2D eigenvalue weighted by atomic mass is 10.1. The van der Waals surface area contributed by atoms with Crippen molar-refractivity contribution in [2.75, 3.05) is 12.0 Å². The molecule has 3 amide bonds. The van der Waals surface area contributed by atoms with Crippen molar-refractivity contribution in [1.29, 1.82) is 0 Å². The van der Waals surface area contributed by atoms with E-state index in [2.05, 4.69) is 4.74 Å². The molecule has 0 radical (unpaired) electrons. The van der Waals surface area contributed by atoms with Gasteiger partial charge in [0.15, 0.2) is 0 Å². The first kappa shape index (κ1) is 18.7. The van der Waals surface area contributed by atoms with Crippen molar-refractivity contribution < 1.29 is 23.9 Å². The maximum absolute atomic E-state index is 13.2. The summed E-state index contributed by atoms with van der Waals surface area (Å²) in [7, 11) is 1.29. The van der Waals surface area contributed by atoms with Crippen molar-refractivity contribution >= 4 is 29.4 Å². The van der Waals surface area contributed by atoms with Gasteiger partial charge in [-0.15, -0.1) is 0 Å². The Balaban J connectivity index is 1.58. The van der Waals surface area contributed by atoms with Crippen LogP contribution < -0.4 is 4.90 Å². The highest BCUT2D eigenvalue weighted by Gasteiger charge is 2.49. The van der Waals surface area contributed by atoms with Crippen LogP contribution in [-0.4, -0.2) is 47.8 Å². The van der Waals surface area contributed by atoms with Gasteiger partial charge in [-0.2, -0.15) is 0 Å². The smallest absolute Gasteiger partial charge is 0.337 e. The van der Waals surface area contributed by atoms with Crippen LogP contribution in [0.5, 0.6) is 0 Å². The van der Waals surface area contributed by atoms with Crippen LogP contribution in [0.15, 0.2) is 24.3 Å². The van der Waals surface area contributed by atoms with Gasteiger partial charge in [0.25, 0.3) is 5.91 Å². The average Bonchev–Trinajstić information content (AvgIpc) is 3.35. The van der Waals surface area contributed by atoms with Gasteiger partial charge in [-0.25, -0.2) is 9.69 Å². The molecule has 0 aromatic heterocycles. The van der Waals surface area contributed by atoms with Crippen LogP contribution in [0.2, 0.25) is 0 Å². The van der Waals surface area contributed by atoms with E-state index in [1.165, 1.54) is 19.2 Å². The normalized spacial score (nSPS) is 22.6. The third kappa shape index (κ3) is 3.30. The number of imide groups is 1. The average molecular weight is 384 g/mol. The Kier molecular flexibility index (Phi) is 4.91. The first-order valence-electron chi connectivity index (χ1n) is 9.88. The van der Waals surface area contributed by atoms with Crippen molar-refractivity contribution in [2.45, 2.75) is 57.0 Å². The number of hydrogen-bond donors (Lipinski definition) is 0. The second-order valence-electron chi connectivity index (χ2n) is 7.78. The molecule has 0 spiro atoms. The standard InChI is InChI=1S/C21H24N2O5/c1-28-21(27)14-8-10-16(11-9-14)23-18(24)12-17(20(23)26)22(15-4-2-3-5-15)19(25)13-6-7-13/h8-11,13,15,17H,2-7,12H2,1H3. The Morgan fingerprint density at radius 1 is 1.04 bits per heavy atom.